The number of aromatic nitrogens is 1. The van der Waals surface area contributed by atoms with E-state index in [1.165, 1.54) is 0 Å². The van der Waals surface area contributed by atoms with Crippen molar-refractivity contribution in [3.8, 4) is 5.75 Å². The molecule has 0 spiro atoms. The van der Waals surface area contributed by atoms with Gasteiger partial charge in [0.2, 0.25) is 5.91 Å². The van der Waals surface area contributed by atoms with E-state index in [2.05, 4.69) is 20.5 Å². The molecule has 0 atom stereocenters. The van der Waals surface area contributed by atoms with E-state index >= 15 is 0 Å². The minimum Gasteiger partial charge on any atom is -0.497 e. The maximum absolute atomic E-state index is 12.3. The zero-order valence-electron chi connectivity index (χ0n) is 15.2. The molecule has 1 saturated heterocycles. The van der Waals surface area contributed by atoms with Gasteiger partial charge in [-0.2, -0.15) is 0 Å². The van der Waals surface area contributed by atoms with Crippen LogP contribution in [-0.4, -0.2) is 61.7 Å². The molecule has 1 aliphatic heterocycles. The number of nitrogens with zero attached hydrogens (tertiary/aromatic N) is 3. The molecule has 0 saturated carbocycles. The molecule has 1 aromatic heterocycles. The predicted molar refractivity (Wildman–Crippen MR) is 103 cm³/mol. The van der Waals surface area contributed by atoms with E-state index in [1.54, 1.807) is 42.5 Å². The Morgan fingerprint density at radius 3 is 2.44 bits per heavy atom. The Hall–Kier alpha value is -3.29. The molecule has 0 unspecified atom stereocenters. The highest BCUT2D eigenvalue weighted by Crippen LogP contribution is 2.15. The average Bonchev–Trinajstić information content (AvgIpc) is 2.73. The van der Waals surface area contributed by atoms with Crippen molar-refractivity contribution in [2.75, 3.05) is 50.1 Å². The molecule has 2 N–H and O–H groups in total. The molecule has 0 aliphatic carbocycles. The van der Waals surface area contributed by atoms with Gasteiger partial charge in [-0.1, -0.05) is 6.07 Å². The van der Waals surface area contributed by atoms with E-state index in [-0.39, 0.29) is 18.5 Å². The van der Waals surface area contributed by atoms with Gasteiger partial charge in [0.25, 0.3) is 0 Å². The van der Waals surface area contributed by atoms with Crippen LogP contribution >= 0.6 is 0 Å². The number of hydrogen-bond donors (Lipinski definition) is 2. The van der Waals surface area contributed by atoms with Gasteiger partial charge < -0.3 is 25.2 Å². The minimum absolute atomic E-state index is 0.0781. The number of rotatable bonds is 5. The molecule has 1 fully saturated rings. The van der Waals surface area contributed by atoms with Crippen molar-refractivity contribution >= 4 is 23.4 Å². The molecule has 3 amide bonds. The summed E-state index contributed by atoms with van der Waals surface area (Å²) in [5.41, 5.74) is 0.652. The molecule has 0 radical (unpaired) electrons. The van der Waals surface area contributed by atoms with Crippen LogP contribution in [0, 0.1) is 0 Å². The van der Waals surface area contributed by atoms with E-state index in [1.807, 2.05) is 18.2 Å². The van der Waals surface area contributed by atoms with Crippen LogP contribution in [0.3, 0.4) is 0 Å². The second-order valence-electron chi connectivity index (χ2n) is 6.10. The molecule has 8 heteroatoms. The van der Waals surface area contributed by atoms with Crippen LogP contribution in [0.1, 0.15) is 0 Å². The number of benzene rings is 1. The fourth-order valence-electron chi connectivity index (χ4n) is 2.83. The average molecular weight is 369 g/mol. The third-order valence-corrected chi connectivity index (χ3v) is 4.31. The van der Waals surface area contributed by atoms with Crippen molar-refractivity contribution in [3.05, 3.63) is 48.7 Å². The van der Waals surface area contributed by atoms with Gasteiger partial charge in [-0.05, 0) is 36.4 Å². The summed E-state index contributed by atoms with van der Waals surface area (Å²) in [4.78, 5) is 32.4. The number of nitrogens with one attached hydrogen (secondary N) is 2. The smallest absolute Gasteiger partial charge is 0.317 e. The first-order valence-corrected chi connectivity index (χ1v) is 8.78. The molecule has 0 bridgehead atoms. The molecule has 142 valence electrons. The molecule has 8 nitrogen and oxygen atoms in total. The molecule has 1 aliphatic rings. The van der Waals surface area contributed by atoms with Gasteiger partial charge in [-0.25, -0.2) is 9.78 Å². The first kappa shape index (κ1) is 18.5. The Labute approximate surface area is 158 Å². The maximum atomic E-state index is 12.3. The Kier molecular flexibility index (Phi) is 6.09. The van der Waals surface area contributed by atoms with Crippen LogP contribution in [-0.2, 0) is 4.79 Å². The highest BCUT2D eigenvalue weighted by molar-refractivity contribution is 5.94. The summed E-state index contributed by atoms with van der Waals surface area (Å²) in [5.74, 6) is 1.35. The summed E-state index contributed by atoms with van der Waals surface area (Å²) in [7, 11) is 1.58. The number of carbonyl (C=O) groups is 2. The van der Waals surface area contributed by atoms with Gasteiger partial charge in [0, 0.05) is 38.1 Å². The molecule has 3 rings (SSSR count). The summed E-state index contributed by atoms with van der Waals surface area (Å²) in [6, 6.07) is 12.6. The fourth-order valence-corrected chi connectivity index (χ4v) is 2.83. The van der Waals surface area contributed by atoms with Gasteiger partial charge in [-0.3, -0.25) is 4.79 Å². The molecular formula is C19H23N5O3. The van der Waals surface area contributed by atoms with Crippen LogP contribution in [0.2, 0.25) is 0 Å². The van der Waals surface area contributed by atoms with Crippen molar-refractivity contribution in [3.63, 3.8) is 0 Å². The zero-order valence-corrected chi connectivity index (χ0v) is 15.2. The third kappa shape index (κ3) is 5.10. The molecule has 1 aromatic carbocycles. The number of urea groups is 1. The van der Waals surface area contributed by atoms with E-state index in [0.29, 0.717) is 37.6 Å². The van der Waals surface area contributed by atoms with Crippen molar-refractivity contribution in [1.82, 2.24) is 15.2 Å². The van der Waals surface area contributed by atoms with E-state index in [9.17, 15) is 9.59 Å². The second kappa shape index (κ2) is 8.88. The summed E-state index contributed by atoms with van der Waals surface area (Å²) in [6.45, 7) is 2.52. The van der Waals surface area contributed by atoms with Crippen molar-refractivity contribution in [2.24, 2.45) is 0 Å². The lowest BCUT2D eigenvalue weighted by molar-refractivity contribution is -0.115. The number of anilines is 2. The maximum Gasteiger partial charge on any atom is 0.317 e. The number of amides is 3. The van der Waals surface area contributed by atoms with Gasteiger partial charge in [0.1, 0.15) is 11.6 Å². The zero-order chi connectivity index (χ0) is 19.1. The van der Waals surface area contributed by atoms with Crippen LogP contribution < -0.4 is 20.3 Å². The number of methoxy groups -OCH3 is 1. The van der Waals surface area contributed by atoms with Crippen LogP contribution in [0.25, 0.3) is 0 Å². The number of ether oxygens (including phenoxy) is 1. The first-order chi connectivity index (χ1) is 13.2. The summed E-state index contributed by atoms with van der Waals surface area (Å²) in [6.07, 6.45) is 1.76. The van der Waals surface area contributed by atoms with Gasteiger partial charge in [0.05, 0.1) is 13.7 Å². The standard InChI is InChI=1S/C19H23N5O3/c1-27-16-7-5-15(6-8-16)22-18(25)14-21-19(26)24-12-10-23(11-13-24)17-4-2-3-9-20-17/h2-9H,10-14H2,1H3,(H,21,26)(H,22,25). The van der Waals surface area contributed by atoms with Gasteiger partial charge >= 0.3 is 6.03 Å². The van der Waals surface area contributed by atoms with Crippen molar-refractivity contribution in [2.45, 2.75) is 0 Å². The number of pyridine rings is 1. The lowest BCUT2D eigenvalue weighted by Gasteiger charge is -2.35. The largest absolute Gasteiger partial charge is 0.497 e. The minimum atomic E-state index is -0.277. The Morgan fingerprint density at radius 1 is 1.07 bits per heavy atom. The first-order valence-electron chi connectivity index (χ1n) is 8.78. The molecule has 2 aromatic rings. The number of piperazine rings is 1. The highest BCUT2D eigenvalue weighted by Gasteiger charge is 2.21. The lowest BCUT2D eigenvalue weighted by atomic mass is 10.3. The summed E-state index contributed by atoms with van der Waals surface area (Å²) >= 11 is 0. The van der Waals surface area contributed by atoms with Crippen LogP contribution in [0.4, 0.5) is 16.3 Å². The van der Waals surface area contributed by atoms with E-state index < -0.39 is 0 Å². The molecule has 27 heavy (non-hydrogen) atoms. The fraction of sp³-hybridized carbons (Fsp3) is 0.316. The molecule has 2 heterocycles. The SMILES string of the molecule is COc1ccc(NC(=O)CNC(=O)N2CCN(c3ccccn3)CC2)cc1. The monoisotopic (exact) mass is 369 g/mol. The quantitative estimate of drug-likeness (QED) is 0.835. The third-order valence-electron chi connectivity index (χ3n) is 4.31. The normalized spacial score (nSPS) is 13.8. The summed E-state index contributed by atoms with van der Waals surface area (Å²) in [5, 5.41) is 5.40. The lowest BCUT2D eigenvalue weighted by Crippen LogP contribution is -2.52. The van der Waals surface area contributed by atoms with Crippen LogP contribution in [0.5, 0.6) is 5.75 Å². The Morgan fingerprint density at radius 2 is 1.81 bits per heavy atom. The Balaban J connectivity index is 1.41. The van der Waals surface area contributed by atoms with Crippen LogP contribution in [0.15, 0.2) is 48.7 Å². The summed E-state index contributed by atoms with van der Waals surface area (Å²) < 4.78 is 5.07. The highest BCUT2D eigenvalue weighted by atomic mass is 16.5. The van der Waals surface area contributed by atoms with Crippen molar-refractivity contribution < 1.29 is 14.3 Å². The van der Waals surface area contributed by atoms with E-state index in [0.717, 1.165) is 5.82 Å². The van der Waals surface area contributed by atoms with E-state index in [4.69, 9.17) is 4.74 Å². The van der Waals surface area contributed by atoms with Gasteiger partial charge in [0.15, 0.2) is 0 Å². The van der Waals surface area contributed by atoms with Gasteiger partial charge in [-0.15, -0.1) is 0 Å². The second-order valence-corrected chi connectivity index (χ2v) is 6.10. The number of carbonyl (C=O) groups excluding carboxylic acids is 2. The van der Waals surface area contributed by atoms with Crippen molar-refractivity contribution in [1.29, 1.82) is 0 Å². The Bertz CT molecular complexity index is 759. The molecular weight excluding hydrogens is 346 g/mol. The topological polar surface area (TPSA) is 86.8 Å². The predicted octanol–water partition coefficient (Wildman–Crippen LogP) is 1.56. The number of hydrogen-bond acceptors (Lipinski definition) is 5.